The molecule has 0 saturated heterocycles. The second-order valence-electron chi connectivity index (χ2n) is 5.49. The number of rotatable bonds is 4. The van der Waals surface area contributed by atoms with Crippen LogP contribution in [0.3, 0.4) is 0 Å². The number of aromatic nitrogens is 2. The molecular formula is C17H13F3N2O3S. The molecule has 3 rings (SSSR count). The van der Waals surface area contributed by atoms with Crippen molar-refractivity contribution in [3.05, 3.63) is 72.1 Å². The SMILES string of the molecule is Cc1ccc(-n2cc(S(=O)(=O)Oc3ccccc3C(F)(F)F)cn2)cc1. The van der Waals surface area contributed by atoms with E-state index >= 15 is 0 Å². The van der Waals surface area contributed by atoms with Crippen LogP contribution in [-0.2, 0) is 16.3 Å². The molecule has 0 aliphatic rings. The summed E-state index contributed by atoms with van der Waals surface area (Å²) in [7, 11) is -4.47. The first-order valence-electron chi connectivity index (χ1n) is 7.39. The number of benzene rings is 2. The Balaban J connectivity index is 1.92. The van der Waals surface area contributed by atoms with Gasteiger partial charge in [-0.3, -0.25) is 0 Å². The summed E-state index contributed by atoms with van der Waals surface area (Å²) in [5.74, 6) is -0.789. The molecule has 0 saturated carbocycles. The Kier molecular flexibility index (Phi) is 4.49. The summed E-state index contributed by atoms with van der Waals surface area (Å²) in [5, 5.41) is 3.93. The van der Waals surface area contributed by atoms with Crippen molar-refractivity contribution in [3.63, 3.8) is 0 Å². The van der Waals surface area contributed by atoms with Gasteiger partial charge in [-0.1, -0.05) is 29.8 Å². The lowest BCUT2D eigenvalue weighted by Gasteiger charge is -2.12. The second-order valence-corrected chi connectivity index (χ2v) is 7.03. The normalized spacial score (nSPS) is 12.2. The van der Waals surface area contributed by atoms with Crippen LogP contribution in [0.15, 0.2) is 65.8 Å². The molecule has 0 aliphatic heterocycles. The summed E-state index contributed by atoms with van der Waals surface area (Å²) >= 11 is 0. The Labute approximate surface area is 147 Å². The first-order chi connectivity index (χ1) is 12.2. The van der Waals surface area contributed by atoms with Gasteiger partial charge in [0.25, 0.3) is 0 Å². The first kappa shape index (κ1) is 18.0. The molecule has 1 heterocycles. The van der Waals surface area contributed by atoms with E-state index in [1.165, 1.54) is 16.9 Å². The van der Waals surface area contributed by atoms with E-state index in [4.69, 9.17) is 4.18 Å². The van der Waals surface area contributed by atoms with Gasteiger partial charge in [-0.2, -0.15) is 26.7 Å². The van der Waals surface area contributed by atoms with Gasteiger partial charge in [-0.15, -0.1) is 0 Å². The molecule has 0 bridgehead atoms. The number of alkyl halides is 3. The third-order valence-corrected chi connectivity index (χ3v) is 4.73. The maximum absolute atomic E-state index is 13.0. The van der Waals surface area contributed by atoms with Crippen molar-refractivity contribution >= 4 is 10.1 Å². The Bertz CT molecular complexity index is 1030. The number of hydrogen-bond acceptors (Lipinski definition) is 4. The molecule has 3 aromatic rings. The van der Waals surface area contributed by atoms with Gasteiger partial charge in [-0.05, 0) is 31.2 Å². The first-order valence-corrected chi connectivity index (χ1v) is 8.80. The summed E-state index contributed by atoms with van der Waals surface area (Å²) < 4.78 is 69.7. The quantitative estimate of drug-likeness (QED) is 0.641. The number of nitrogens with zero attached hydrogens (tertiary/aromatic N) is 2. The number of hydrogen-bond donors (Lipinski definition) is 0. The van der Waals surface area contributed by atoms with Gasteiger partial charge in [-0.25, -0.2) is 4.68 Å². The molecule has 0 N–H and O–H groups in total. The molecule has 1 aromatic heterocycles. The van der Waals surface area contributed by atoms with Crippen molar-refractivity contribution in [3.8, 4) is 11.4 Å². The number of para-hydroxylation sites is 1. The van der Waals surface area contributed by atoms with Crippen LogP contribution in [0.1, 0.15) is 11.1 Å². The Morgan fingerprint density at radius 3 is 2.35 bits per heavy atom. The van der Waals surface area contributed by atoms with Gasteiger partial charge in [0.05, 0.1) is 23.6 Å². The molecule has 0 amide bonds. The largest absolute Gasteiger partial charge is 0.420 e. The summed E-state index contributed by atoms with van der Waals surface area (Å²) in [5.41, 5.74) is 0.447. The topological polar surface area (TPSA) is 61.2 Å². The fraction of sp³-hybridized carbons (Fsp3) is 0.118. The van der Waals surface area contributed by atoms with Crippen LogP contribution in [0, 0.1) is 6.92 Å². The van der Waals surface area contributed by atoms with Gasteiger partial charge in [0.1, 0.15) is 4.90 Å². The third kappa shape index (κ3) is 3.72. The third-order valence-electron chi connectivity index (χ3n) is 3.54. The zero-order chi connectivity index (χ0) is 18.9. The molecule has 5 nitrogen and oxygen atoms in total. The lowest BCUT2D eigenvalue weighted by atomic mass is 10.2. The smallest absolute Gasteiger partial charge is 0.378 e. The maximum atomic E-state index is 13.0. The molecule has 0 unspecified atom stereocenters. The molecule has 0 spiro atoms. The second kappa shape index (κ2) is 6.49. The Morgan fingerprint density at radius 1 is 1.04 bits per heavy atom. The lowest BCUT2D eigenvalue weighted by Crippen LogP contribution is -2.14. The summed E-state index contributed by atoms with van der Waals surface area (Å²) in [6.45, 7) is 1.90. The minimum absolute atomic E-state index is 0.352. The predicted molar refractivity (Wildman–Crippen MR) is 87.6 cm³/mol. The molecule has 26 heavy (non-hydrogen) atoms. The van der Waals surface area contributed by atoms with E-state index in [9.17, 15) is 21.6 Å². The van der Waals surface area contributed by atoms with Crippen LogP contribution < -0.4 is 4.18 Å². The number of aryl methyl sites for hydroxylation is 1. The fourth-order valence-corrected chi connectivity index (χ4v) is 3.10. The molecular weight excluding hydrogens is 369 g/mol. The molecule has 9 heteroatoms. The van der Waals surface area contributed by atoms with Crippen LogP contribution in [0.4, 0.5) is 13.2 Å². The van der Waals surface area contributed by atoms with E-state index in [1.807, 2.05) is 19.1 Å². The zero-order valence-corrected chi connectivity index (χ0v) is 14.3. The lowest BCUT2D eigenvalue weighted by molar-refractivity contribution is -0.138. The maximum Gasteiger partial charge on any atom is 0.420 e. The fourth-order valence-electron chi connectivity index (χ4n) is 2.21. The molecule has 0 atom stereocenters. The van der Waals surface area contributed by atoms with Crippen molar-refractivity contribution in [1.29, 1.82) is 0 Å². The number of halogens is 3. The highest BCUT2D eigenvalue weighted by atomic mass is 32.2. The zero-order valence-electron chi connectivity index (χ0n) is 13.4. The Morgan fingerprint density at radius 2 is 1.69 bits per heavy atom. The molecule has 136 valence electrons. The van der Waals surface area contributed by atoms with Crippen molar-refractivity contribution in [1.82, 2.24) is 9.78 Å². The highest BCUT2D eigenvalue weighted by molar-refractivity contribution is 7.87. The molecule has 0 aliphatic carbocycles. The van der Waals surface area contributed by atoms with E-state index in [2.05, 4.69) is 5.10 Å². The van der Waals surface area contributed by atoms with Gasteiger partial charge >= 0.3 is 16.3 Å². The average Bonchev–Trinajstić information content (AvgIpc) is 3.05. The van der Waals surface area contributed by atoms with Gasteiger partial charge in [0, 0.05) is 0 Å². The van der Waals surface area contributed by atoms with Crippen molar-refractivity contribution in [2.45, 2.75) is 18.0 Å². The predicted octanol–water partition coefficient (Wildman–Crippen LogP) is 3.97. The van der Waals surface area contributed by atoms with Crippen LogP contribution >= 0.6 is 0 Å². The monoisotopic (exact) mass is 382 g/mol. The summed E-state index contributed by atoms with van der Waals surface area (Å²) in [6, 6.07) is 11.2. The molecule has 2 aromatic carbocycles. The highest BCUT2D eigenvalue weighted by Gasteiger charge is 2.35. The van der Waals surface area contributed by atoms with Gasteiger partial charge < -0.3 is 4.18 Å². The van der Waals surface area contributed by atoms with Crippen molar-refractivity contribution in [2.75, 3.05) is 0 Å². The van der Waals surface area contributed by atoms with E-state index in [-0.39, 0.29) is 4.90 Å². The van der Waals surface area contributed by atoms with Crippen LogP contribution in [-0.4, -0.2) is 18.2 Å². The van der Waals surface area contributed by atoms with Crippen molar-refractivity contribution < 1.29 is 25.8 Å². The van der Waals surface area contributed by atoms with Crippen LogP contribution in [0.25, 0.3) is 5.69 Å². The van der Waals surface area contributed by atoms with E-state index in [1.54, 1.807) is 12.1 Å². The van der Waals surface area contributed by atoms with E-state index in [0.717, 1.165) is 30.0 Å². The summed E-state index contributed by atoms with van der Waals surface area (Å²) in [6.07, 6.45) is -2.54. The standard InChI is InChI=1S/C17H13F3N2O3S/c1-12-6-8-13(9-7-12)22-11-14(10-21-22)26(23,24)25-16-5-3-2-4-15(16)17(18,19)20/h2-11H,1H3. The van der Waals surface area contributed by atoms with Crippen LogP contribution in [0.5, 0.6) is 5.75 Å². The molecule has 0 fully saturated rings. The van der Waals surface area contributed by atoms with E-state index in [0.29, 0.717) is 5.69 Å². The minimum Gasteiger partial charge on any atom is -0.378 e. The summed E-state index contributed by atoms with van der Waals surface area (Å²) in [4.78, 5) is -0.352. The molecule has 0 radical (unpaired) electrons. The van der Waals surface area contributed by atoms with Gasteiger partial charge in [0.15, 0.2) is 5.75 Å². The van der Waals surface area contributed by atoms with Crippen molar-refractivity contribution in [2.24, 2.45) is 0 Å². The van der Waals surface area contributed by atoms with Gasteiger partial charge in [0.2, 0.25) is 0 Å². The van der Waals surface area contributed by atoms with Crippen LogP contribution in [0.2, 0.25) is 0 Å². The highest BCUT2D eigenvalue weighted by Crippen LogP contribution is 2.37. The average molecular weight is 382 g/mol. The Hall–Kier alpha value is -2.81. The van der Waals surface area contributed by atoms with E-state index < -0.39 is 27.6 Å². The minimum atomic E-state index is -4.74.